The van der Waals surface area contributed by atoms with Crippen molar-refractivity contribution in [3.63, 3.8) is 0 Å². The lowest BCUT2D eigenvalue weighted by atomic mass is 9.83. The van der Waals surface area contributed by atoms with Gasteiger partial charge in [0.2, 0.25) is 5.91 Å². The molecule has 0 aliphatic rings. The Bertz CT molecular complexity index is 289. The van der Waals surface area contributed by atoms with E-state index < -0.39 is 29.6 Å². The monoisotopic (exact) mass is 242 g/mol. The molecule has 0 heterocycles. The Kier molecular flexibility index (Phi) is 4.16. The van der Waals surface area contributed by atoms with Crippen LogP contribution in [0.5, 0.6) is 0 Å². The van der Waals surface area contributed by atoms with Crippen LogP contribution >= 0.6 is 0 Å². The molecule has 5 nitrogen and oxygen atoms in total. The zero-order valence-corrected chi connectivity index (χ0v) is 9.01. The number of alkyl carbamates (subject to hydrolysis) is 1. The maximum atomic E-state index is 12.6. The van der Waals surface area contributed by atoms with E-state index in [0.717, 1.165) is 21.0 Å². The van der Waals surface area contributed by atoms with Crippen LogP contribution in [0.1, 0.15) is 13.8 Å². The minimum absolute atomic E-state index is 0.762. The molecule has 3 N–H and O–H groups in total. The van der Waals surface area contributed by atoms with E-state index in [-0.39, 0.29) is 0 Å². The Balaban J connectivity index is 5.07. The highest BCUT2D eigenvalue weighted by molar-refractivity contribution is 5.85. The van der Waals surface area contributed by atoms with E-state index in [1.54, 1.807) is 5.32 Å². The highest BCUT2D eigenvalue weighted by Crippen LogP contribution is 2.40. The smallest absolute Gasteiger partial charge is 0.407 e. The van der Waals surface area contributed by atoms with E-state index in [1.165, 1.54) is 0 Å². The van der Waals surface area contributed by atoms with Gasteiger partial charge in [-0.2, -0.15) is 13.2 Å². The molecule has 2 amide bonds. The van der Waals surface area contributed by atoms with Crippen LogP contribution in [0.2, 0.25) is 0 Å². The average Bonchev–Trinajstić information content (AvgIpc) is 2.10. The van der Waals surface area contributed by atoms with Gasteiger partial charge in [-0.1, -0.05) is 0 Å². The van der Waals surface area contributed by atoms with E-state index in [1.807, 2.05) is 0 Å². The number of carbonyl (C=O) groups excluding carboxylic acids is 2. The van der Waals surface area contributed by atoms with Crippen molar-refractivity contribution in [3.05, 3.63) is 0 Å². The Hall–Kier alpha value is -1.47. The van der Waals surface area contributed by atoms with Crippen LogP contribution in [0, 0.1) is 5.41 Å². The van der Waals surface area contributed by atoms with Crippen molar-refractivity contribution in [2.24, 2.45) is 11.1 Å². The number of carbonyl (C=O) groups is 2. The predicted molar refractivity (Wildman–Crippen MR) is 48.4 cm³/mol. The third-order valence-corrected chi connectivity index (χ3v) is 2.18. The van der Waals surface area contributed by atoms with Gasteiger partial charge in [-0.05, 0) is 13.8 Å². The molecular weight excluding hydrogens is 229 g/mol. The van der Waals surface area contributed by atoms with E-state index >= 15 is 0 Å². The molecule has 0 aromatic heterocycles. The summed E-state index contributed by atoms with van der Waals surface area (Å²) < 4.78 is 41.9. The van der Waals surface area contributed by atoms with Gasteiger partial charge in [-0.15, -0.1) is 0 Å². The number of ether oxygens (including phenoxy) is 1. The van der Waals surface area contributed by atoms with E-state index in [0.29, 0.717) is 0 Å². The van der Waals surface area contributed by atoms with Gasteiger partial charge in [0.1, 0.15) is 6.04 Å². The van der Waals surface area contributed by atoms with Crippen molar-refractivity contribution < 1.29 is 27.5 Å². The highest BCUT2D eigenvalue weighted by Gasteiger charge is 2.55. The van der Waals surface area contributed by atoms with E-state index in [9.17, 15) is 22.8 Å². The van der Waals surface area contributed by atoms with Crippen molar-refractivity contribution in [2.75, 3.05) is 7.11 Å². The van der Waals surface area contributed by atoms with E-state index in [4.69, 9.17) is 5.73 Å². The maximum absolute atomic E-state index is 12.6. The largest absolute Gasteiger partial charge is 0.453 e. The summed E-state index contributed by atoms with van der Waals surface area (Å²) in [5, 5.41) is 1.76. The lowest BCUT2D eigenvalue weighted by molar-refractivity contribution is -0.220. The zero-order chi connectivity index (χ0) is 13.1. The summed E-state index contributed by atoms with van der Waals surface area (Å²) in [5.41, 5.74) is 2.33. The SMILES string of the molecule is COC(=O)NC(C(N)=O)C(C)(C)C(F)(F)F. The number of hydrogen-bond acceptors (Lipinski definition) is 3. The Morgan fingerprint density at radius 2 is 1.75 bits per heavy atom. The van der Waals surface area contributed by atoms with Gasteiger partial charge >= 0.3 is 12.3 Å². The zero-order valence-electron chi connectivity index (χ0n) is 9.01. The second-order valence-corrected chi connectivity index (χ2v) is 3.69. The first kappa shape index (κ1) is 14.5. The molecule has 16 heavy (non-hydrogen) atoms. The van der Waals surface area contributed by atoms with Gasteiger partial charge in [0.25, 0.3) is 0 Å². The average molecular weight is 242 g/mol. The summed E-state index contributed by atoms with van der Waals surface area (Å²) in [6, 6.07) is -1.89. The molecule has 0 fully saturated rings. The first-order valence-corrected chi connectivity index (χ1v) is 4.24. The fraction of sp³-hybridized carbons (Fsp3) is 0.750. The van der Waals surface area contributed by atoms with Crippen LogP contribution in [-0.4, -0.2) is 31.3 Å². The second kappa shape index (κ2) is 4.58. The van der Waals surface area contributed by atoms with Crippen molar-refractivity contribution >= 4 is 12.0 Å². The first-order chi connectivity index (χ1) is 7.04. The number of primary amides is 1. The quantitative estimate of drug-likeness (QED) is 0.767. The van der Waals surface area contributed by atoms with Gasteiger partial charge in [0.05, 0.1) is 12.5 Å². The lowest BCUT2D eigenvalue weighted by Crippen LogP contribution is -2.58. The normalized spacial score (nSPS) is 14.1. The summed E-state index contributed by atoms with van der Waals surface area (Å²) in [5.74, 6) is -1.28. The van der Waals surface area contributed by atoms with Crippen molar-refractivity contribution in [1.82, 2.24) is 5.32 Å². The number of halogens is 3. The van der Waals surface area contributed by atoms with Crippen LogP contribution in [-0.2, 0) is 9.53 Å². The molecule has 0 rings (SSSR count). The summed E-state index contributed by atoms with van der Waals surface area (Å²) >= 11 is 0. The molecule has 1 unspecified atom stereocenters. The van der Waals surface area contributed by atoms with Gasteiger partial charge in [0, 0.05) is 0 Å². The fourth-order valence-corrected chi connectivity index (χ4v) is 0.948. The molecule has 0 saturated carbocycles. The third-order valence-electron chi connectivity index (χ3n) is 2.18. The summed E-state index contributed by atoms with van der Waals surface area (Å²) in [4.78, 5) is 21.7. The standard InChI is InChI=1S/C8H13F3N2O3/c1-7(2,8(9,10)11)4(5(12)14)13-6(15)16-3/h4H,1-3H3,(H2,12,14)(H,13,15). The number of amides is 2. The molecule has 0 saturated heterocycles. The molecule has 0 aromatic carbocycles. The molecule has 0 spiro atoms. The first-order valence-electron chi connectivity index (χ1n) is 4.24. The molecular formula is C8H13F3N2O3. The molecule has 0 aliphatic heterocycles. The Morgan fingerprint density at radius 1 is 1.31 bits per heavy atom. The van der Waals surface area contributed by atoms with Crippen molar-refractivity contribution in [2.45, 2.75) is 26.1 Å². The molecule has 0 aromatic rings. The molecule has 94 valence electrons. The van der Waals surface area contributed by atoms with Crippen molar-refractivity contribution in [1.29, 1.82) is 0 Å². The summed E-state index contributed by atoms with van der Waals surface area (Å²) in [6.07, 6.45) is -5.84. The number of nitrogens with two attached hydrogens (primary N) is 1. The molecule has 1 atom stereocenters. The Labute approximate surface area is 90.1 Å². The van der Waals surface area contributed by atoms with Crippen LogP contribution in [0.3, 0.4) is 0 Å². The number of rotatable bonds is 3. The van der Waals surface area contributed by atoms with Crippen molar-refractivity contribution in [3.8, 4) is 0 Å². The number of hydrogen-bond donors (Lipinski definition) is 2. The number of methoxy groups -OCH3 is 1. The van der Waals surface area contributed by atoms with Crippen LogP contribution in [0.15, 0.2) is 0 Å². The molecule has 0 bridgehead atoms. The minimum atomic E-state index is -4.69. The predicted octanol–water partition coefficient (Wildman–Crippen LogP) is 0.785. The van der Waals surface area contributed by atoms with Gasteiger partial charge < -0.3 is 15.8 Å². The van der Waals surface area contributed by atoms with Crippen LogP contribution in [0.4, 0.5) is 18.0 Å². The van der Waals surface area contributed by atoms with Crippen LogP contribution < -0.4 is 11.1 Å². The topological polar surface area (TPSA) is 81.4 Å². The Morgan fingerprint density at radius 3 is 2.00 bits per heavy atom. The lowest BCUT2D eigenvalue weighted by Gasteiger charge is -2.33. The summed E-state index contributed by atoms with van der Waals surface area (Å²) in [6.45, 7) is 1.52. The molecule has 0 radical (unpaired) electrons. The third kappa shape index (κ3) is 3.01. The van der Waals surface area contributed by atoms with Gasteiger partial charge in [0.15, 0.2) is 0 Å². The van der Waals surface area contributed by atoms with E-state index in [2.05, 4.69) is 4.74 Å². The fourth-order valence-electron chi connectivity index (χ4n) is 0.948. The summed E-state index contributed by atoms with van der Waals surface area (Å²) in [7, 11) is 0.966. The molecule has 8 heteroatoms. The number of nitrogens with one attached hydrogen (secondary N) is 1. The highest BCUT2D eigenvalue weighted by atomic mass is 19.4. The van der Waals surface area contributed by atoms with Gasteiger partial charge in [-0.25, -0.2) is 4.79 Å². The maximum Gasteiger partial charge on any atom is 0.407 e. The van der Waals surface area contributed by atoms with Crippen LogP contribution in [0.25, 0.3) is 0 Å². The molecule has 0 aliphatic carbocycles. The van der Waals surface area contributed by atoms with Gasteiger partial charge in [-0.3, -0.25) is 4.79 Å². The second-order valence-electron chi connectivity index (χ2n) is 3.69. The minimum Gasteiger partial charge on any atom is -0.453 e. The number of alkyl halides is 3.